The zero-order chi connectivity index (χ0) is 19.8. The van der Waals surface area contributed by atoms with E-state index in [0.717, 1.165) is 43.2 Å². The fourth-order valence-electron chi connectivity index (χ4n) is 4.25. The van der Waals surface area contributed by atoms with Crippen molar-refractivity contribution < 1.29 is 9.32 Å². The van der Waals surface area contributed by atoms with E-state index in [9.17, 15) is 4.79 Å². The van der Waals surface area contributed by atoms with E-state index >= 15 is 0 Å². The van der Waals surface area contributed by atoms with Crippen molar-refractivity contribution in [3.05, 3.63) is 71.1 Å². The largest absolute Gasteiger partial charge is 0.360 e. The fraction of sp³-hybridized carbons (Fsp3) is 0.304. The van der Waals surface area contributed by atoms with Gasteiger partial charge in [-0.3, -0.25) is 4.90 Å². The van der Waals surface area contributed by atoms with Gasteiger partial charge >= 0.3 is 6.03 Å². The van der Waals surface area contributed by atoms with Gasteiger partial charge in [0.1, 0.15) is 0 Å². The second-order valence-corrected chi connectivity index (χ2v) is 7.83. The molecule has 5 rings (SSSR count). The SMILES string of the molecule is Cc1cc(CN2CCN(C(=O)Nc3ccc4c(c3)Cc3ccccc3-4)CC2)on1. The van der Waals surface area contributed by atoms with E-state index < -0.39 is 0 Å². The van der Waals surface area contributed by atoms with Gasteiger partial charge in [-0.15, -0.1) is 0 Å². The molecule has 148 valence electrons. The number of urea groups is 1. The number of fused-ring (bicyclic) bond motifs is 3. The summed E-state index contributed by atoms with van der Waals surface area (Å²) in [6, 6.07) is 16.7. The Morgan fingerprint density at radius 3 is 2.62 bits per heavy atom. The highest BCUT2D eigenvalue weighted by Crippen LogP contribution is 2.37. The summed E-state index contributed by atoms with van der Waals surface area (Å²) >= 11 is 0. The van der Waals surface area contributed by atoms with E-state index in [1.54, 1.807) is 0 Å². The van der Waals surface area contributed by atoms with E-state index in [-0.39, 0.29) is 6.03 Å². The molecule has 29 heavy (non-hydrogen) atoms. The van der Waals surface area contributed by atoms with Crippen LogP contribution in [0.15, 0.2) is 53.1 Å². The fourth-order valence-corrected chi connectivity index (χ4v) is 4.25. The number of aromatic nitrogens is 1. The molecule has 2 amide bonds. The third-order valence-electron chi connectivity index (χ3n) is 5.76. The van der Waals surface area contributed by atoms with Gasteiger partial charge in [0.25, 0.3) is 0 Å². The topological polar surface area (TPSA) is 61.6 Å². The van der Waals surface area contributed by atoms with Crippen molar-refractivity contribution in [2.24, 2.45) is 0 Å². The van der Waals surface area contributed by atoms with E-state index in [0.29, 0.717) is 13.1 Å². The molecule has 6 nitrogen and oxygen atoms in total. The maximum absolute atomic E-state index is 12.7. The summed E-state index contributed by atoms with van der Waals surface area (Å²) in [5.41, 5.74) is 6.96. The normalized spacial score (nSPS) is 15.8. The van der Waals surface area contributed by atoms with Crippen LogP contribution in [-0.4, -0.2) is 47.2 Å². The van der Waals surface area contributed by atoms with Gasteiger partial charge in [-0.05, 0) is 47.7 Å². The third kappa shape index (κ3) is 3.63. The Balaban J connectivity index is 1.18. The lowest BCUT2D eigenvalue weighted by Crippen LogP contribution is -2.49. The molecule has 1 aromatic heterocycles. The Hall–Kier alpha value is -3.12. The van der Waals surface area contributed by atoms with Crippen LogP contribution in [0.2, 0.25) is 0 Å². The number of nitrogens with one attached hydrogen (secondary N) is 1. The molecule has 2 aromatic carbocycles. The molecule has 0 unspecified atom stereocenters. The highest BCUT2D eigenvalue weighted by atomic mass is 16.5. The van der Waals surface area contributed by atoms with Crippen LogP contribution < -0.4 is 5.32 Å². The lowest BCUT2D eigenvalue weighted by atomic mass is 10.1. The van der Waals surface area contributed by atoms with Gasteiger partial charge < -0.3 is 14.7 Å². The van der Waals surface area contributed by atoms with Crippen LogP contribution >= 0.6 is 0 Å². The van der Waals surface area contributed by atoms with Crippen LogP contribution in [0, 0.1) is 6.92 Å². The van der Waals surface area contributed by atoms with Crippen molar-refractivity contribution in [2.45, 2.75) is 19.9 Å². The number of anilines is 1. The lowest BCUT2D eigenvalue weighted by Gasteiger charge is -2.34. The molecule has 6 heteroatoms. The number of aryl methyl sites for hydroxylation is 1. The highest BCUT2D eigenvalue weighted by Gasteiger charge is 2.23. The molecule has 0 bridgehead atoms. The Morgan fingerprint density at radius 2 is 1.83 bits per heavy atom. The van der Waals surface area contributed by atoms with Crippen LogP contribution in [0.5, 0.6) is 0 Å². The van der Waals surface area contributed by atoms with Gasteiger partial charge in [-0.25, -0.2) is 4.79 Å². The predicted octanol–water partition coefficient (Wildman–Crippen LogP) is 3.90. The molecule has 1 fully saturated rings. The first-order valence-electron chi connectivity index (χ1n) is 10.1. The average molecular weight is 388 g/mol. The van der Waals surface area contributed by atoms with Gasteiger partial charge in [-0.2, -0.15) is 0 Å². The summed E-state index contributed by atoms with van der Waals surface area (Å²) < 4.78 is 5.30. The number of hydrogen-bond acceptors (Lipinski definition) is 4. The summed E-state index contributed by atoms with van der Waals surface area (Å²) in [4.78, 5) is 16.9. The molecule has 1 aliphatic heterocycles. The molecule has 1 saturated heterocycles. The monoisotopic (exact) mass is 388 g/mol. The number of benzene rings is 2. The Labute approximate surface area is 170 Å². The first kappa shape index (κ1) is 17.9. The number of carbonyl (C=O) groups excluding carboxylic acids is 1. The summed E-state index contributed by atoms with van der Waals surface area (Å²) in [5.74, 6) is 0.875. The Morgan fingerprint density at radius 1 is 1.03 bits per heavy atom. The van der Waals surface area contributed by atoms with Crippen LogP contribution in [-0.2, 0) is 13.0 Å². The quantitative estimate of drug-likeness (QED) is 0.578. The van der Waals surface area contributed by atoms with Gasteiger partial charge in [0.2, 0.25) is 0 Å². The molecule has 0 spiro atoms. The number of carbonyl (C=O) groups is 1. The van der Waals surface area contributed by atoms with Gasteiger partial charge in [0.15, 0.2) is 5.76 Å². The minimum Gasteiger partial charge on any atom is -0.360 e. The summed E-state index contributed by atoms with van der Waals surface area (Å²) in [7, 11) is 0. The zero-order valence-corrected chi connectivity index (χ0v) is 16.5. The van der Waals surface area contributed by atoms with E-state index in [4.69, 9.17) is 4.52 Å². The number of amides is 2. The summed E-state index contributed by atoms with van der Waals surface area (Å²) in [5, 5.41) is 7.01. The Bertz CT molecular complexity index is 1050. The lowest BCUT2D eigenvalue weighted by molar-refractivity contribution is 0.134. The average Bonchev–Trinajstić information content (AvgIpc) is 3.31. The Kier molecular flexibility index (Phi) is 4.56. The molecule has 0 atom stereocenters. The molecule has 0 radical (unpaired) electrons. The second kappa shape index (κ2) is 7.37. The van der Waals surface area contributed by atoms with Crippen molar-refractivity contribution in [3.8, 4) is 11.1 Å². The maximum atomic E-state index is 12.7. The van der Waals surface area contributed by atoms with Gasteiger partial charge in [0, 0.05) is 37.9 Å². The number of piperazine rings is 1. The van der Waals surface area contributed by atoms with Crippen LogP contribution in [0.1, 0.15) is 22.6 Å². The third-order valence-corrected chi connectivity index (χ3v) is 5.76. The first-order valence-corrected chi connectivity index (χ1v) is 10.1. The number of rotatable bonds is 3. The molecule has 3 aromatic rings. The van der Waals surface area contributed by atoms with Crippen LogP contribution in [0.25, 0.3) is 11.1 Å². The van der Waals surface area contributed by atoms with Gasteiger partial charge in [0.05, 0.1) is 12.2 Å². The van der Waals surface area contributed by atoms with E-state index in [1.165, 1.54) is 22.3 Å². The van der Waals surface area contributed by atoms with Crippen molar-refractivity contribution in [1.82, 2.24) is 15.0 Å². The molecule has 1 N–H and O–H groups in total. The van der Waals surface area contributed by atoms with Crippen LogP contribution in [0.3, 0.4) is 0 Å². The minimum absolute atomic E-state index is 0.0318. The van der Waals surface area contributed by atoms with Crippen LogP contribution in [0.4, 0.5) is 10.5 Å². The zero-order valence-electron chi connectivity index (χ0n) is 16.5. The smallest absolute Gasteiger partial charge is 0.321 e. The van der Waals surface area contributed by atoms with Gasteiger partial charge in [-0.1, -0.05) is 35.5 Å². The molecular formula is C23H24N4O2. The predicted molar refractivity (Wildman–Crippen MR) is 112 cm³/mol. The van der Waals surface area contributed by atoms with Crippen molar-refractivity contribution in [2.75, 3.05) is 31.5 Å². The molecule has 2 aliphatic rings. The summed E-state index contributed by atoms with van der Waals surface area (Å²) in [6.07, 6.45) is 0.926. The standard InChI is InChI=1S/C23H24N4O2/c1-16-12-20(29-25-16)15-26-8-10-27(11-9-26)23(28)24-19-6-7-22-18(14-19)13-17-4-2-3-5-21(17)22/h2-7,12,14H,8-11,13,15H2,1H3,(H,24,28). The van der Waals surface area contributed by atoms with Crippen molar-refractivity contribution in [1.29, 1.82) is 0 Å². The van der Waals surface area contributed by atoms with Crippen molar-refractivity contribution >= 4 is 11.7 Å². The molecule has 1 aliphatic carbocycles. The molecule has 2 heterocycles. The highest BCUT2D eigenvalue weighted by molar-refractivity contribution is 5.90. The second-order valence-electron chi connectivity index (χ2n) is 7.83. The first-order chi connectivity index (χ1) is 14.2. The summed E-state index contributed by atoms with van der Waals surface area (Å²) in [6.45, 7) is 5.72. The number of nitrogens with zero attached hydrogens (tertiary/aromatic N) is 3. The number of hydrogen-bond donors (Lipinski definition) is 1. The van der Waals surface area contributed by atoms with E-state index in [1.807, 2.05) is 24.0 Å². The molecular weight excluding hydrogens is 364 g/mol. The minimum atomic E-state index is -0.0318. The molecule has 0 saturated carbocycles. The van der Waals surface area contributed by atoms with Crippen molar-refractivity contribution in [3.63, 3.8) is 0 Å². The maximum Gasteiger partial charge on any atom is 0.321 e. The van der Waals surface area contributed by atoms with E-state index in [2.05, 4.69) is 51.8 Å².